The molecule has 3 heteroatoms. The maximum atomic E-state index is 6.11. The van der Waals surface area contributed by atoms with Crippen molar-refractivity contribution >= 4 is 11.6 Å². The Labute approximate surface area is 107 Å². The number of allylic oxidation sites excluding steroid dienone is 1. The van der Waals surface area contributed by atoms with Crippen molar-refractivity contribution in [1.29, 1.82) is 0 Å². The minimum absolute atomic E-state index is 0.0194. The van der Waals surface area contributed by atoms with Crippen LogP contribution in [-0.4, -0.2) is 12.6 Å². The lowest BCUT2D eigenvalue weighted by atomic mass is 9.95. The lowest BCUT2D eigenvalue weighted by Gasteiger charge is -2.19. The zero-order valence-electron chi connectivity index (χ0n) is 9.86. The first-order valence-electron chi connectivity index (χ1n) is 6.08. The van der Waals surface area contributed by atoms with Crippen molar-refractivity contribution in [3.63, 3.8) is 0 Å². The molecule has 0 bridgehead atoms. The van der Waals surface area contributed by atoms with Gasteiger partial charge in [0.2, 0.25) is 0 Å². The van der Waals surface area contributed by atoms with Crippen molar-refractivity contribution in [3.8, 4) is 5.75 Å². The predicted octanol–water partition coefficient (Wildman–Crippen LogP) is 3.55. The maximum absolute atomic E-state index is 6.11. The molecule has 1 aliphatic carbocycles. The van der Waals surface area contributed by atoms with Crippen LogP contribution in [0.3, 0.4) is 0 Å². The summed E-state index contributed by atoms with van der Waals surface area (Å²) in [6.45, 7) is 0.535. The van der Waals surface area contributed by atoms with Crippen LogP contribution in [0.2, 0.25) is 5.02 Å². The number of hydrogen-bond acceptors (Lipinski definition) is 2. The van der Waals surface area contributed by atoms with E-state index in [0.29, 0.717) is 6.61 Å². The van der Waals surface area contributed by atoms with E-state index in [1.807, 2.05) is 24.3 Å². The number of rotatable bonds is 4. The van der Waals surface area contributed by atoms with Gasteiger partial charge in [-0.15, -0.1) is 0 Å². The average Bonchev–Trinajstić information content (AvgIpc) is 2.39. The number of benzene rings is 1. The topological polar surface area (TPSA) is 35.2 Å². The van der Waals surface area contributed by atoms with Crippen molar-refractivity contribution in [2.45, 2.75) is 31.7 Å². The van der Waals surface area contributed by atoms with E-state index in [9.17, 15) is 0 Å². The van der Waals surface area contributed by atoms with E-state index in [2.05, 4.69) is 6.08 Å². The molecule has 0 heterocycles. The molecule has 92 valence electrons. The Balaban J connectivity index is 1.85. The molecule has 1 unspecified atom stereocenters. The monoisotopic (exact) mass is 251 g/mol. The Bertz CT molecular complexity index is 386. The molecule has 0 amide bonds. The van der Waals surface area contributed by atoms with Crippen LogP contribution < -0.4 is 10.5 Å². The molecule has 2 nitrogen and oxygen atoms in total. The molecule has 1 aliphatic rings. The summed E-state index contributed by atoms with van der Waals surface area (Å²) in [7, 11) is 0. The molecule has 1 atom stereocenters. The van der Waals surface area contributed by atoms with Gasteiger partial charge in [-0.3, -0.25) is 0 Å². The fraction of sp³-hybridized carbons (Fsp3) is 0.429. The van der Waals surface area contributed by atoms with Crippen molar-refractivity contribution in [1.82, 2.24) is 0 Å². The first-order chi connectivity index (χ1) is 8.25. The first-order valence-corrected chi connectivity index (χ1v) is 6.46. The largest absolute Gasteiger partial charge is 0.492 e. The molecular formula is C14H18ClNO. The third-order valence-corrected chi connectivity index (χ3v) is 3.30. The summed E-state index contributed by atoms with van der Waals surface area (Å²) in [4.78, 5) is 0. The van der Waals surface area contributed by atoms with Gasteiger partial charge in [0.25, 0.3) is 0 Å². The summed E-state index contributed by atoms with van der Waals surface area (Å²) in [5, 5.41) is 0.719. The van der Waals surface area contributed by atoms with Gasteiger partial charge in [0.05, 0.1) is 6.04 Å². The summed E-state index contributed by atoms with van der Waals surface area (Å²) < 4.78 is 5.65. The maximum Gasteiger partial charge on any atom is 0.119 e. The fourth-order valence-electron chi connectivity index (χ4n) is 2.02. The molecule has 0 saturated heterocycles. The summed E-state index contributed by atoms with van der Waals surface area (Å²) >= 11 is 5.81. The molecule has 1 aromatic rings. The molecule has 0 spiro atoms. The Hall–Kier alpha value is -0.990. The summed E-state index contributed by atoms with van der Waals surface area (Å²) in [6.07, 6.45) is 7.07. The van der Waals surface area contributed by atoms with Gasteiger partial charge in [0, 0.05) is 5.02 Å². The first kappa shape index (κ1) is 12.5. The SMILES string of the molecule is NC(COc1ccc(Cl)cc1)C1=CCCCC1. The Morgan fingerprint density at radius 3 is 2.65 bits per heavy atom. The molecule has 2 rings (SSSR count). The highest BCUT2D eigenvalue weighted by molar-refractivity contribution is 6.30. The highest BCUT2D eigenvalue weighted by atomic mass is 35.5. The summed E-state index contributed by atoms with van der Waals surface area (Å²) in [5.41, 5.74) is 7.44. The summed E-state index contributed by atoms with van der Waals surface area (Å²) in [5.74, 6) is 0.821. The third kappa shape index (κ3) is 3.76. The van der Waals surface area contributed by atoms with Crippen LogP contribution in [0.4, 0.5) is 0 Å². The predicted molar refractivity (Wildman–Crippen MR) is 71.5 cm³/mol. The van der Waals surface area contributed by atoms with Crippen LogP contribution in [0.25, 0.3) is 0 Å². The zero-order valence-corrected chi connectivity index (χ0v) is 10.6. The molecule has 0 saturated carbocycles. The van der Waals surface area contributed by atoms with Crippen LogP contribution in [-0.2, 0) is 0 Å². The lowest BCUT2D eigenvalue weighted by Crippen LogP contribution is -2.30. The molecular weight excluding hydrogens is 234 g/mol. The molecule has 0 radical (unpaired) electrons. The van der Waals surface area contributed by atoms with Gasteiger partial charge in [0.15, 0.2) is 0 Å². The average molecular weight is 252 g/mol. The second-order valence-corrected chi connectivity index (χ2v) is 4.83. The normalized spacial score (nSPS) is 17.4. The Morgan fingerprint density at radius 2 is 2.00 bits per heavy atom. The second kappa shape index (κ2) is 6.08. The number of ether oxygens (including phenoxy) is 1. The highest BCUT2D eigenvalue weighted by Gasteiger charge is 2.12. The van der Waals surface area contributed by atoms with Crippen LogP contribution in [0.1, 0.15) is 25.7 Å². The molecule has 0 aliphatic heterocycles. The van der Waals surface area contributed by atoms with Gasteiger partial charge in [-0.25, -0.2) is 0 Å². The third-order valence-electron chi connectivity index (χ3n) is 3.05. The van der Waals surface area contributed by atoms with E-state index in [1.165, 1.54) is 18.4 Å². The molecule has 0 aromatic heterocycles. The number of hydrogen-bond donors (Lipinski definition) is 1. The van der Waals surface area contributed by atoms with Crippen LogP contribution in [0.5, 0.6) is 5.75 Å². The number of nitrogens with two attached hydrogens (primary N) is 1. The minimum Gasteiger partial charge on any atom is -0.492 e. The highest BCUT2D eigenvalue weighted by Crippen LogP contribution is 2.20. The molecule has 17 heavy (non-hydrogen) atoms. The zero-order chi connectivity index (χ0) is 12.1. The number of halogens is 1. The lowest BCUT2D eigenvalue weighted by molar-refractivity contribution is 0.298. The van der Waals surface area contributed by atoms with E-state index in [4.69, 9.17) is 22.1 Å². The van der Waals surface area contributed by atoms with Crippen molar-refractivity contribution in [3.05, 3.63) is 40.9 Å². The minimum atomic E-state index is 0.0194. The van der Waals surface area contributed by atoms with Gasteiger partial charge in [-0.1, -0.05) is 23.3 Å². The molecule has 0 fully saturated rings. The smallest absolute Gasteiger partial charge is 0.119 e. The van der Waals surface area contributed by atoms with Gasteiger partial charge in [-0.2, -0.15) is 0 Å². The fourth-order valence-corrected chi connectivity index (χ4v) is 2.15. The van der Waals surface area contributed by atoms with Gasteiger partial charge in [-0.05, 0) is 49.9 Å². The van der Waals surface area contributed by atoms with Crippen LogP contribution in [0.15, 0.2) is 35.9 Å². The van der Waals surface area contributed by atoms with Crippen molar-refractivity contribution in [2.24, 2.45) is 5.73 Å². The van der Waals surface area contributed by atoms with Gasteiger partial charge in [0.1, 0.15) is 12.4 Å². The van der Waals surface area contributed by atoms with Crippen LogP contribution >= 0.6 is 11.6 Å². The van der Waals surface area contributed by atoms with Crippen molar-refractivity contribution in [2.75, 3.05) is 6.61 Å². The van der Waals surface area contributed by atoms with E-state index in [0.717, 1.165) is 23.6 Å². The van der Waals surface area contributed by atoms with Crippen molar-refractivity contribution < 1.29 is 4.74 Å². The van der Waals surface area contributed by atoms with E-state index < -0.39 is 0 Å². The second-order valence-electron chi connectivity index (χ2n) is 4.40. The quantitative estimate of drug-likeness (QED) is 0.831. The van der Waals surface area contributed by atoms with Gasteiger partial charge < -0.3 is 10.5 Å². The van der Waals surface area contributed by atoms with Crippen LogP contribution in [0, 0.1) is 0 Å². The van der Waals surface area contributed by atoms with Gasteiger partial charge >= 0.3 is 0 Å². The molecule has 1 aromatic carbocycles. The standard InChI is InChI=1S/C14H18ClNO/c15-12-6-8-13(9-7-12)17-10-14(16)11-4-2-1-3-5-11/h4,6-9,14H,1-3,5,10,16H2. The Morgan fingerprint density at radius 1 is 1.24 bits per heavy atom. The van der Waals surface area contributed by atoms with E-state index in [1.54, 1.807) is 0 Å². The van der Waals surface area contributed by atoms with E-state index >= 15 is 0 Å². The van der Waals surface area contributed by atoms with E-state index in [-0.39, 0.29) is 6.04 Å². The summed E-state index contributed by atoms with van der Waals surface area (Å²) in [6, 6.07) is 7.39. The Kier molecular flexibility index (Phi) is 4.46. The molecule has 2 N–H and O–H groups in total.